The van der Waals surface area contributed by atoms with Crippen LogP contribution in [0.3, 0.4) is 0 Å². The van der Waals surface area contributed by atoms with Gasteiger partial charge in [-0.05, 0) is 57.9 Å². The third-order valence-electron chi connectivity index (χ3n) is 9.41. The summed E-state index contributed by atoms with van der Waals surface area (Å²) in [6, 6.07) is 1.63. The van der Waals surface area contributed by atoms with Crippen molar-refractivity contribution in [1.82, 2.24) is 10.3 Å². The van der Waals surface area contributed by atoms with Gasteiger partial charge in [0.05, 0.1) is 13.0 Å². The average molecular weight is 545 g/mol. The molecular weight excluding hydrogens is 496 g/mol. The lowest BCUT2D eigenvalue weighted by atomic mass is 9.64. The number of rotatable bonds is 11. The van der Waals surface area contributed by atoms with E-state index < -0.39 is 29.2 Å². The molecule has 8 nitrogen and oxygen atoms in total. The zero-order valence-corrected chi connectivity index (χ0v) is 24.4. The highest BCUT2D eigenvalue weighted by Gasteiger charge is 2.48. The predicted octanol–water partition coefficient (Wildman–Crippen LogP) is 5.97. The number of nitrogens with one attached hydrogen (secondary N) is 2. The molecule has 0 aromatic carbocycles. The molecular formula is C31H48N2O6. The van der Waals surface area contributed by atoms with Crippen molar-refractivity contribution in [2.45, 2.75) is 129 Å². The second-order valence-electron chi connectivity index (χ2n) is 13.3. The van der Waals surface area contributed by atoms with Gasteiger partial charge in [0.2, 0.25) is 5.91 Å². The Kier molecular flexibility index (Phi) is 8.96. The maximum absolute atomic E-state index is 14.0. The van der Waals surface area contributed by atoms with Gasteiger partial charge in [-0.3, -0.25) is 14.4 Å². The largest absolute Gasteiger partial charge is 0.481 e. The van der Waals surface area contributed by atoms with Crippen molar-refractivity contribution in [3.63, 3.8) is 0 Å². The summed E-state index contributed by atoms with van der Waals surface area (Å²) in [5.74, 6) is -2.33. The number of carbonyl (C=O) groups excluding carboxylic acids is 2. The molecule has 4 atom stereocenters. The van der Waals surface area contributed by atoms with Crippen LogP contribution in [0.25, 0.3) is 0 Å². The number of aromatic amines is 1. The van der Waals surface area contributed by atoms with Gasteiger partial charge in [-0.25, -0.2) is 0 Å². The number of aliphatic carboxylic acids is 1. The zero-order valence-electron chi connectivity index (χ0n) is 24.4. The normalized spacial score (nSPS) is 28.2. The Morgan fingerprint density at radius 2 is 1.85 bits per heavy atom. The minimum atomic E-state index is -0.911. The average Bonchev–Trinajstić information content (AvgIpc) is 3.33. The first-order valence-corrected chi connectivity index (χ1v) is 15.0. The van der Waals surface area contributed by atoms with Gasteiger partial charge < -0.3 is 24.9 Å². The van der Waals surface area contributed by atoms with E-state index in [0.717, 1.165) is 64.2 Å². The van der Waals surface area contributed by atoms with Crippen LogP contribution in [0.5, 0.6) is 0 Å². The lowest BCUT2D eigenvalue weighted by molar-refractivity contribution is -0.298. The number of unbranched alkanes of at least 4 members (excludes halogenated alkanes) is 1. The molecule has 2 saturated carbocycles. The molecule has 2 heterocycles. The number of hydrogen-bond donors (Lipinski definition) is 3. The number of hydrogen-bond acceptors (Lipinski definition) is 5. The quantitative estimate of drug-likeness (QED) is 0.296. The summed E-state index contributed by atoms with van der Waals surface area (Å²) in [7, 11) is 0. The van der Waals surface area contributed by atoms with E-state index in [1.807, 2.05) is 13.8 Å². The fourth-order valence-corrected chi connectivity index (χ4v) is 6.87. The standard InChI is InChI=1S/C31H48N2O6/c1-6-7-14-31(15-10-16-31)28(37)33-23-12-9-8-11-20(23)22(18-24(34)35)25-21(13-17-32-25)26(36)27-29(2,3)19-38-30(4,5)39-27/h13,17,20,22-23,27,32H,6-12,14-16,18-19H2,1-5H3,(H,33,37)(H,34,35). The molecule has 0 radical (unpaired) electrons. The number of carboxylic acid groups (broad SMARTS) is 1. The molecule has 3 aliphatic rings. The highest BCUT2D eigenvalue weighted by atomic mass is 16.7. The van der Waals surface area contributed by atoms with Crippen LogP contribution in [-0.2, 0) is 19.1 Å². The van der Waals surface area contributed by atoms with E-state index in [1.54, 1.807) is 26.1 Å². The molecule has 1 aliphatic heterocycles. The summed E-state index contributed by atoms with van der Waals surface area (Å²) in [5, 5.41) is 13.4. The smallest absolute Gasteiger partial charge is 0.304 e. The summed E-state index contributed by atoms with van der Waals surface area (Å²) < 4.78 is 12.0. The Morgan fingerprint density at radius 1 is 1.13 bits per heavy atom. The lowest BCUT2D eigenvalue weighted by Crippen LogP contribution is -2.54. The van der Waals surface area contributed by atoms with Crippen LogP contribution in [0.2, 0.25) is 0 Å². The van der Waals surface area contributed by atoms with Crippen molar-refractivity contribution in [2.75, 3.05) is 6.61 Å². The molecule has 1 saturated heterocycles. The number of carbonyl (C=O) groups is 3. The SMILES string of the molecule is CCCCC1(C(=O)NC2CCCCC2C(CC(=O)O)c2[nH]ccc2C(=O)C2OC(C)(C)OCC2(C)C)CCC1. The second kappa shape index (κ2) is 11.7. The Balaban J connectivity index is 1.61. The Bertz CT molecular complexity index is 1040. The first kappa shape index (κ1) is 29.8. The Labute approximate surface area is 233 Å². The Hall–Kier alpha value is -2.19. The molecule has 3 N–H and O–H groups in total. The van der Waals surface area contributed by atoms with Crippen molar-refractivity contribution in [3.8, 4) is 0 Å². The van der Waals surface area contributed by atoms with Crippen LogP contribution in [0.15, 0.2) is 12.3 Å². The van der Waals surface area contributed by atoms with Gasteiger partial charge in [0.25, 0.3) is 0 Å². The third-order valence-corrected chi connectivity index (χ3v) is 9.41. The fraction of sp³-hybridized carbons (Fsp3) is 0.774. The number of amides is 1. The maximum atomic E-state index is 14.0. The van der Waals surface area contributed by atoms with Crippen LogP contribution in [-0.4, -0.2) is 52.3 Å². The molecule has 0 bridgehead atoms. The Morgan fingerprint density at radius 3 is 2.49 bits per heavy atom. The highest BCUT2D eigenvalue weighted by molar-refractivity contribution is 6.01. The van der Waals surface area contributed by atoms with Crippen LogP contribution >= 0.6 is 0 Å². The minimum Gasteiger partial charge on any atom is -0.481 e. The van der Waals surface area contributed by atoms with Gasteiger partial charge in [-0.15, -0.1) is 0 Å². The highest BCUT2D eigenvalue weighted by Crippen LogP contribution is 2.47. The molecule has 1 aromatic heterocycles. The van der Waals surface area contributed by atoms with Gasteiger partial charge in [-0.2, -0.15) is 0 Å². The minimum absolute atomic E-state index is 0.0765. The molecule has 1 aromatic rings. The van der Waals surface area contributed by atoms with E-state index >= 15 is 0 Å². The molecule has 39 heavy (non-hydrogen) atoms. The number of ether oxygens (including phenoxy) is 2. The number of ketones is 1. The first-order chi connectivity index (χ1) is 18.4. The van der Waals surface area contributed by atoms with E-state index in [4.69, 9.17) is 9.47 Å². The molecule has 218 valence electrons. The van der Waals surface area contributed by atoms with Crippen molar-refractivity contribution in [1.29, 1.82) is 0 Å². The zero-order chi connectivity index (χ0) is 28.4. The molecule has 1 amide bonds. The maximum Gasteiger partial charge on any atom is 0.304 e. The molecule has 4 rings (SSSR count). The van der Waals surface area contributed by atoms with Crippen LogP contribution in [0.4, 0.5) is 0 Å². The number of Topliss-reactive ketones (excluding diaryl/α,β-unsaturated/α-hetero) is 1. The first-order valence-electron chi connectivity index (χ1n) is 15.0. The monoisotopic (exact) mass is 544 g/mol. The molecule has 4 unspecified atom stereocenters. The van der Waals surface area contributed by atoms with Gasteiger partial charge in [0.1, 0.15) is 6.10 Å². The van der Waals surface area contributed by atoms with Crippen LogP contribution in [0, 0.1) is 16.7 Å². The third kappa shape index (κ3) is 6.43. The molecule has 0 spiro atoms. The molecule has 8 heteroatoms. The number of H-pyrrole nitrogens is 1. The molecule has 3 fully saturated rings. The summed E-state index contributed by atoms with van der Waals surface area (Å²) >= 11 is 0. The summed E-state index contributed by atoms with van der Waals surface area (Å²) in [6.45, 7) is 10.0. The fourth-order valence-electron chi connectivity index (χ4n) is 6.87. The second-order valence-corrected chi connectivity index (χ2v) is 13.3. The lowest BCUT2D eigenvalue weighted by Gasteiger charge is -2.45. The summed E-state index contributed by atoms with van der Waals surface area (Å²) in [5.41, 5.74) is 0.306. The van der Waals surface area contributed by atoms with E-state index in [1.165, 1.54) is 0 Å². The van der Waals surface area contributed by atoms with E-state index in [9.17, 15) is 19.5 Å². The van der Waals surface area contributed by atoms with Crippen molar-refractivity contribution >= 4 is 17.7 Å². The predicted molar refractivity (Wildman–Crippen MR) is 148 cm³/mol. The number of aromatic nitrogens is 1. The van der Waals surface area contributed by atoms with Crippen LogP contribution in [0.1, 0.15) is 127 Å². The van der Waals surface area contributed by atoms with Crippen molar-refractivity contribution < 1.29 is 29.0 Å². The summed E-state index contributed by atoms with van der Waals surface area (Å²) in [4.78, 5) is 43.0. The van der Waals surface area contributed by atoms with E-state index in [2.05, 4.69) is 17.2 Å². The van der Waals surface area contributed by atoms with Gasteiger partial charge in [-0.1, -0.05) is 52.9 Å². The van der Waals surface area contributed by atoms with Crippen molar-refractivity contribution in [2.24, 2.45) is 16.7 Å². The van der Waals surface area contributed by atoms with Crippen molar-refractivity contribution in [3.05, 3.63) is 23.5 Å². The summed E-state index contributed by atoms with van der Waals surface area (Å²) in [6.07, 6.45) is 10.5. The topological polar surface area (TPSA) is 118 Å². The number of carboxylic acids is 1. The van der Waals surface area contributed by atoms with Gasteiger partial charge in [0.15, 0.2) is 11.6 Å². The van der Waals surface area contributed by atoms with E-state index in [0.29, 0.717) is 17.9 Å². The molecule has 2 aliphatic carbocycles. The van der Waals surface area contributed by atoms with Gasteiger partial charge in [0, 0.05) is 40.2 Å². The van der Waals surface area contributed by atoms with E-state index in [-0.39, 0.29) is 35.5 Å². The van der Waals surface area contributed by atoms with Gasteiger partial charge >= 0.3 is 5.97 Å². The van der Waals surface area contributed by atoms with Crippen LogP contribution < -0.4 is 5.32 Å².